The number of rotatable bonds is 6. The second kappa shape index (κ2) is 9.03. The second-order valence-corrected chi connectivity index (χ2v) is 12.0. The predicted octanol–water partition coefficient (Wildman–Crippen LogP) is 5.69. The summed E-state index contributed by atoms with van der Waals surface area (Å²) in [6.45, 7) is 12.8. The zero-order chi connectivity index (χ0) is 23.0. The lowest BCUT2D eigenvalue weighted by molar-refractivity contribution is -0.171. The first-order chi connectivity index (χ1) is 14.4. The van der Waals surface area contributed by atoms with Crippen LogP contribution in [-0.2, 0) is 23.8 Å². The summed E-state index contributed by atoms with van der Waals surface area (Å²) in [7, 11) is 1.45. The summed E-state index contributed by atoms with van der Waals surface area (Å²) in [6.07, 6.45) is 9.15. The van der Waals surface area contributed by atoms with E-state index >= 15 is 0 Å². The van der Waals surface area contributed by atoms with Crippen molar-refractivity contribution in [3.05, 3.63) is 0 Å². The molecule has 5 heteroatoms. The number of hydrogen-bond donors (Lipinski definition) is 0. The van der Waals surface area contributed by atoms with Gasteiger partial charge in [-0.15, -0.1) is 0 Å². The molecule has 3 saturated carbocycles. The lowest BCUT2D eigenvalue weighted by Gasteiger charge is -2.58. The Kier molecular flexibility index (Phi) is 7.15. The Morgan fingerprint density at radius 1 is 1.06 bits per heavy atom. The van der Waals surface area contributed by atoms with Gasteiger partial charge in [0.05, 0.1) is 18.8 Å². The van der Waals surface area contributed by atoms with E-state index in [2.05, 4.69) is 34.6 Å². The molecule has 3 fully saturated rings. The fraction of sp³-hybridized carbons (Fsp3) is 0.923. The molecule has 0 amide bonds. The zero-order valence-electron chi connectivity index (χ0n) is 20.8. The van der Waals surface area contributed by atoms with Crippen molar-refractivity contribution in [1.29, 1.82) is 0 Å². The van der Waals surface area contributed by atoms with Gasteiger partial charge in [-0.2, -0.15) is 0 Å². The van der Waals surface area contributed by atoms with Crippen molar-refractivity contribution in [1.82, 2.24) is 0 Å². The molecule has 0 aromatic rings. The van der Waals surface area contributed by atoms with Crippen LogP contribution in [-0.4, -0.2) is 36.9 Å². The summed E-state index contributed by atoms with van der Waals surface area (Å²) in [4.78, 5) is 23.5. The van der Waals surface area contributed by atoms with Crippen LogP contribution in [0.25, 0.3) is 0 Å². The van der Waals surface area contributed by atoms with Crippen LogP contribution in [0.3, 0.4) is 0 Å². The number of methoxy groups -OCH3 is 1. The molecule has 0 heterocycles. The molecular formula is C26H44O5. The lowest BCUT2D eigenvalue weighted by Crippen LogP contribution is -2.53. The SMILES string of the molecule is COC(=O)CCC[C@@]1(C)C[C@H](OC(C)=O)C[C@@H]2[C@@H]1CC[C@]1(C)[C@@H](OC(C)(C)C)CC[C@@H]21. The number of hydrogen-bond acceptors (Lipinski definition) is 5. The Morgan fingerprint density at radius 3 is 2.39 bits per heavy atom. The van der Waals surface area contributed by atoms with Crippen molar-refractivity contribution in [2.45, 2.75) is 117 Å². The van der Waals surface area contributed by atoms with Crippen molar-refractivity contribution in [3.8, 4) is 0 Å². The van der Waals surface area contributed by atoms with Crippen LogP contribution < -0.4 is 0 Å². The Morgan fingerprint density at radius 2 is 1.77 bits per heavy atom. The normalized spacial score (nSPS) is 40.0. The number of ether oxygens (including phenoxy) is 3. The van der Waals surface area contributed by atoms with Crippen molar-refractivity contribution in [2.24, 2.45) is 28.6 Å². The first-order valence-corrected chi connectivity index (χ1v) is 12.3. The van der Waals surface area contributed by atoms with Crippen molar-refractivity contribution < 1.29 is 23.8 Å². The Balaban J connectivity index is 1.81. The molecule has 7 atom stereocenters. The van der Waals surface area contributed by atoms with E-state index < -0.39 is 0 Å². The smallest absolute Gasteiger partial charge is 0.305 e. The minimum Gasteiger partial charge on any atom is -0.469 e. The molecule has 0 aliphatic heterocycles. The van der Waals surface area contributed by atoms with Crippen LogP contribution in [0.1, 0.15) is 99.3 Å². The molecule has 0 N–H and O–H groups in total. The van der Waals surface area contributed by atoms with Gasteiger partial charge in [-0.3, -0.25) is 9.59 Å². The van der Waals surface area contributed by atoms with Crippen LogP contribution in [0.15, 0.2) is 0 Å². The summed E-state index contributed by atoms with van der Waals surface area (Å²) in [5.74, 6) is 1.45. The lowest BCUT2D eigenvalue weighted by atomic mass is 9.49. The molecule has 0 spiro atoms. The molecule has 3 aliphatic carbocycles. The van der Waals surface area contributed by atoms with Crippen LogP contribution in [0, 0.1) is 28.6 Å². The van der Waals surface area contributed by atoms with Gasteiger partial charge in [-0.25, -0.2) is 0 Å². The molecular weight excluding hydrogens is 392 g/mol. The maximum Gasteiger partial charge on any atom is 0.305 e. The predicted molar refractivity (Wildman–Crippen MR) is 120 cm³/mol. The second-order valence-electron chi connectivity index (χ2n) is 12.0. The molecule has 178 valence electrons. The highest BCUT2D eigenvalue weighted by atomic mass is 16.5. The van der Waals surface area contributed by atoms with Crippen LogP contribution in [0.4, 0.5) is 0 Å². The third-order valence-corrected chi connectivity index (χ3v) is 8.66. The summed E-state index contributed by atoms with van der Waals surface area (Å²) >= 11 is 0. The van der Waals surface area contributed by atoms with Gasteiger partial charge in [-0.1, -0.05) is 13.8 Å². The van der Waals surface area contributed by atoms with Gasteiger partial charge in [-0.05, 0) is 101 Å². The summed E-state index contributed by atoms with van der Waals surface area (Å²) < 4.78 is 17.2. The summed E-state index contributed by atoms with van der Waals surface area (Å²) in [5.41, 5.74) is 0.148. The van der Waals surface area contributed by atoms with Crippen molar-refractivity contribution in [2.75, 3.05) is 7.11 Å². The van der Waals surface area contributed by atoms with E-state index in [1.54, 1.807) is 0 Å². The Labute approximate surface area is 189 Å². The Bertz CT molecular complexity index is 667. The van der Waals surface area contributed by atoms with Gasteiger partial charge in [0.1, 0.15) is 6.10 Å². The molecule has 0 aromatic heterocycles. The molecule has 5 nitrogen and oxygen atoms in total. The van der Waals surface area contributed by atoms with Crippen LogP contribution >= 0.6 is 0 Å². The molecule has 3 aliphatic rings. The third-order valence-electron chi connectivity index (χ3n) is 8.66. The zero-order valence-corrected chi connectivity index (χ0v) is 20.8. The monoisotopic (exact) mass is 436 g/mol. The molecule has 31 heavy (non-hydrogen) atoms. The third kappa shape index (κ3) is 5.29. The fourth-order valence-corrected chi connectivity index (χ4v) is 7.46. The van der Waals surface area contributed by atoms with E-state index in [1.807, 2.05) is 0 Å². The molecule has 0 aromatic carbocycles. The van der Waals surface area contributed by atoms with E-state index in [0.717, 1.165) is 32.1 Å². The maximum atomic E-state index is 11.8. The quantitative estimate of drug-likeness (QED) is 0.501. The molecule has 0 bridgehead atoms. The number of esters is 2. The molecule has 0 unspecified atom stereocenters. The molecule has 0 radical (unpaired) electrons. The van der Waals surface area contributed by atoms with Gasteiger partial charge >= 0.3 is 11.9 Å². The fourth-order valence-electron chi connectivity index (χ4n) is 7.46. The minimum atomic E-state index is -0.181. The topological polar surface area (TPSA) is 61.8 Å². The van der Waals surface area contributed by atoms with Gasteiger partial charge in [0.2, 0.25) is 0 Å². The number of carbonyl (C=O) groups is 2. The number of carbonyl (C=O) groups excluding carboxylic acids is 2. The summed E-state index contributed by atoms with van der Waals surface area (Å²) in [6, 6.07) is 0. The Hall–Kier alpha value is -1.10. The molecule has 3 rings (SSSR count). The minimum absolute atomic E-state index is 0.0215. The standard InChI is InChI=1S/C26H44O5/c1-17(27)30-18-15-19-20(25(5,16-18)13-8-9-23(28)29-7)12-14-26(6)21(19)10-11-22(26)31-24(2,3)4/h18-22H,8-16H2,1-7H3/t18-,19-,20+,21+,22+,25+,26+/m1/s1. The van der Waals surface area contributed by atoms with E-state index in [0.29, 0.717) is 30.3 Å². The van der Waals surface area contributed by atoms with Crippen molar-refractivity contribution >= 4 is 11.9 Å². The van der Waals surface area contributed by atoms with E-state index in [-0.39, 0.29) is 34.5 Å². The van der Waals surface area contributed by atoms with Gasteiger partial charge < -0.3 is 14.2 Å². The number of fused-ring (bicyclic) bond motifs is 3. The molecule has 0 saturated heterocycles. The average molecular weight is 437 g/mol. The first kappa shape index (κ1) is 24.5. The van der Waals surface area contributed by atoms with Gasteiger partial charge in [0.15, 0.2) is 0 Å². The largest absolute Gasteiger partial charge is 0.469 e. The highest BCUT2D eigenvalue weighted by Gasteiger charge is 2.59. The van der Waals surface area contributed by atoms with Gasteiger partial charge in [0.25, 0.3) is 0 Å². The van der Waals surface area contributed by atoms with E-state index in [9.17, 15) is 9.59 Å². The first-order valence-electron chi connectivity index (χ1n) is 12.3. The summed E-state index contributed by atoms with van der Waals surface area (Å²) in [5, 5.41) is 0. The average Bonchev–Trinajstić information content (AvgIpc) is 2.96. The van der Waals surface area contributed by atoms with E-state index in [4.69, 9.17) is 14.2 Å². The highest BCUT2D eigenvalue weighted by Crippen LogP contribution is 2.64. The van der Waals surface area contributed by atoms with Crippen molar-refractivity contribution in [3.63, 3.8) is 0 Å². The van der Waals surface area contributed by atoms with Crippen LogP contribution in [0.5, 0.6) is 0 Å². The maximum absolute atomic E-state index is 11.8. The van der Waals surface area contributed by atoms with Crippen LogP contribution in [0.2, 0.25) is 0 Å². The van der Waals surface area contributed by atoms with Gasteiger partial charge in [0, 0.05) is 13.3 Å². The highest BCUT2D eigenvalue weighted by molar-refractivity contribution is 5.69. The van der Waals surface area contributed by atoms with E-state index in [1.165, 1.54) is 33.3 Å².